The number of carbonyl (C=O) groups excluding carboxylic acids is 1. The van der Waals surface area contributed by atoms with Gasteiger partial charge < -0.3 is 10.1 Å². The number of rotatable bonds is 8. The molecule has 0 spiro atoms. The maximum absolute atomic E-state index is 13.1. The molecule has 0 aromatic heterocycles. The molecule has 2 aliphatic carbocycles. The number of hydrogen-bond donors (Lipinski definition) is 1. The average Bonchev–Trinajstić information content (AvgIpc) is 3.74. The summed E-state index contributed by atoms with van der Waals surface area (Å²) in [7, 11) is 0. The van der Waals surface area contributed by atoms with Gasteiger partial charge in [-0.3, -0.25) is 9.69 Å². The molecule has 1 aliphatic heterocycles. The minimum atomic E-state index is -2.54. The summed E-state index contributed by atoms with van der Waals surface area (Å²) in [4.78, 5) is 14.8. The Morgan fingerprint density at radius 2 is 1.97 bits per heavy atom. The van der Waals surface area contributed by atoms with Crippen LogP contribution in [0.5, 0.6) is 5.75 Å². The molecular weight excluding hydrogens is 434 g/mol. The number of nitrogens with one attached hydrogen (secondary N) is 1. The van der Waals surface area contributed by atoms with Crippen molar-refractivity contribution >= 4 is 5.91 Å². The number of terminal acetylenes is 1. The highest BCUT2D eigenvalue weighted by Gasteiger charge is 2.57. The van der Waals surface area contributed by atoms with Crippen LogP contribution in [0.25, 0.3) is 0 Å². The summed E-state index contributed by atoms with van der Waals surface area (Å²) in [5.41, 5.74) is 4.18. The minimum absolute atomic E-state index is 0.0439. The summed E-state index contributed by atoms with van der Waals surface area (Å²) in [5, 5.41) is 3.05. The lowest BCUT2D eigenvalue weighted by Crippen LogP contribution is -2.33. The van der Waals surface area contributed by atoms with Crippen molar-refractivity contribution in [2.45, 2.75) is 57.7 Å². The van der Waals surface area contributed by atoms with Crippen molar-refractivity contribution in [3.8, 4) is 18.1 Å². The third kappa shape index (κ3) is 4.81. The second-order valence-electron chi connectivity index (χ2n) is 10.0. The van der Waals surface area contributed by atoms with E-state index >= 15 is 0 Å². The Kier molecular flexibility index (Phi) is 5.85. The number of nitrogens with zero attached hydrogens (tertiary/aromatic N) is 1. The molecule has 1 unspecified atom stereocenters. The van der Waals surface area contributed by atoms with Crippen LogP contribution in [0.2, 0.25) is 0 Å². The van der Waals surface area contributed by atoms with Crippen molar-refractivity contribution in [1.82, 2.24) is 10.2 Å². The summed E-state index contributed by atoms with van der Waals surface area (Å²) in [6.07, 6.45) is 7.91. The highest BCUT2D eigenvalue weighted by atomic mass is 19.3. The fourth-order valence-electron chi connectivity index (χ4n) is 4.61. The summed E-state index contributed by atoms with van der Waals surface area (Å²) < 4.78 is 31.7. The topological polar surface area (TPSA) is 41.6 Å². The molecule has 2 aromatic carbocycles. The minimum Gasteiger partial charge on any atom is -0.493 e. The fraction of sp³-hybridized carbons (Fsp3) is 0.464. The molecule has 2 atom stereocenters. The SMILES string of the molecule is C#CC1(C(=O)N[C@@H](C)c2ccc(CN3CCc4cc(OCC5CC5(F)F)ccc4C3)cc2)CC1. The molecule has 1 N–H and O–H groups in total. The number of halogens is 2. The number of benzene rings is 2. The zero-order chi connectivity index (χ0) is 23.9. The summed E-state index contributed by atoms with van der Waals surface area (Å²) in [6.45, 7) is 4.68. The lowest BCUT2D eigenvalue weighted by molar-refractivity contribution is -0.125. The first-order valence-electron chi connectivity index (χ1n) is 12.0. The van der Waals surface area contributed by atoms with E-state index < -0.39 is 17.3 Å². The summed E-state index contributed by atoms with van der Waals surface area (Å²) in [5.74, 6) is 0.0981. The van der Waals surface area contributed by atoms with E-state index in [1.165, 1.54) is 16.7 Å². The molecule has 0 bridgehead atoms. The zero-order valence-electron chi connectivity index (χ0n) is 19.4. The number of carbonyl (C=O) groups is 1. The van der Waals surface area contributed by atoms with Gasteiger partial charge in [0.2, 0.25) is 5.91 Å². The zero-order valence-corrected chi connectivity index (χ0v) is 19.4. The Bertz CT molecular complexity index is 1120. The van der Waals surface area contributed by atoms with E-state index in [1.54, 1.807) is 0 Å². The highest BCUT2D eigenvalue weighted by molar-refractivity contribution is 5.88. The van der Waals surface area contributed by atoms with Crippen molar-refractivity contribution in [3.05, 3.63) is 64.7 Å². The van der Waals surface area contributed by atoms with Crippen LogP contribution in [-0.4, -0.2) is 29.9 Å². The molecular formula is C28H30F2N2O2. The van der Waals surface area contributed by atoms with E-state index in [2.05, 4.69) is 46.5 Å². The van der Waals surface area contributed by atoms with Gasteiger partial charge >= 0.3 is 0 Å². The van der Waals surface area contributed by atoms with E-state index in [9.17, 15) is 13.6 Å². The first-order chi connectivity index (χ1) is 16.3. The number of ether oxygens (including phenoxy) is 1. The third-order valence-electron chi connectivity index (χ3n) is 7.37. The van der Waals surface area contributed by atoms with Crippen LogP contribution in [0, 0.1) is 23.7 Å². The van der Waals surface area contributed by atoms with E-state index in [4.69, 9.17) is 11.2 Å². The molecule has 178 valence electrons. The van der Waals surface area contributed by atoms with Crippen LogP contribution in [0.4, 0.5) is 8.78 Å². The van der Waals surface area contributed by atoms with E-state index in [-0.39, 0.29) is 25.0 Å². The monoisotopic (exact) mass is 464 g/mol. The van der Waals surface area contributed by atoms with Gasteiger partial charge in [0.1, 0.15) is 11.2 Å². The van der Waals surface area contributed by atoms with Gasteiger partial charge in [0.25, 0.3) is 5.92 Å². The lowest BCUT2D eigenvalue weighted by Gasteiger charge is -2.29. The van der Waals surface area contributed by atoms with Crippen LogP contribution >= 0.6 is 0 Å². The van der Waals surface area contributed by atoms with Gasteiger partial charge in [0.05, 0.1) is 18.6 Å². The average molecular weight is 465 g/mol. The normalized spacial score (nSPS) is 22.7. The van der Waals surface area contributed by atoms with Gasteiger partial charge in [-0.1, -0.05) is 36.3 Å². The quantitative estimate of drug-likeness (QED) is 0.567. The number of fused-ring (bicyclic) bond motifs is 1. The van der Waals surface area contributed by atoms with Crippen molar-refractivity contribution < 1.29 is 18.3 Å². The summed E-state index contributed by atoms with van der Waals surface area (Å²) >= 11 is 0. The Morgan fingerprint density at radius 3 is 2.62 bits per heavy atom. The van der Waals surface area contributed by atoms with Gasteiger partial charge in [0.15, 0.2) is 0 Å². The van der Waals surface area contributed by atoms with Crippen molar-refractivity contribution in [2.75, 3.05) is 13.2 Å². The first kappa shape index (κ1) is 22.9. The van der Waals surface area contributed by atoms with Crippen LogP contribution in [-0.2, 0) is 24.3 Å². The van der Waals surface area contributed by atoms with Gasteiger partial charge in [-0.15, -0.1) is 6.42 Å². The van der Waals surface area contributed by atoms with Crippen molar-refractivity contribution in [1.29, 1.82) is 0 Å². The Balaban J connectivity index is 1.13. The Hall–Kier alpha value is -2.91. The van der Waals surface area contributed by atoms with Gasteiger partial charge in [-0.05, 0) is 60.6 Å². The maximum Gasteiger partial charge on any atom is 0.255 e. The van der Waals surface area contributed by atoms with Gasteiger partial charge in [-0.2, -0.15) is 0 Å². The van der Waals surface area contributed by atoms with Crippen LogP contribution < -0.4 is 10.1 Å². The number of amides is 1. The molecule has 3 aliphatic rings. The van der Waals surface area contributed by atoms with Crippen LogP contribution in [0.3, 0.4) is 0 Å². The Labute approximate surface area is 199 Å². The fourth-order valence-corrected chi connectivity index (χ4v) is 4.61. The first-order valence-corrected chi connectivity index (χ1v) is 12.0. The second-order valence-corrected chi connectivity index (χ2v) is 10.0. The molecule has 5 rings (SSSR count). The van der Waals surface area contributed by atoms with Crippen LogP contribution in [0.15, 0.2) is 42.5 Å². The largest absolute Gasteiger partial charge is 0.493 e. The third-order valence-corrected chi connectivity index (χ3v) is 7.37. The van der Waals surface area contributed by atoms with Crippen molar-refractivity contribution in [2.24, 2.45) is 11.3 Å². The second kappa shape index (κ2) is 8.70. The molecule has 6 heteroatoms. The van der Waals surface area contributed by atoms with E-state index in [0.29, 0.717) is 5.75 Å². The van der Waals surface area contributed by atoms with E-state index in [1.807, 2.05) is 19.1 Å². The molecule has 2 fully saturated rings. The molecule has 4 nitrogen and oxygen atoms in total. The Morgan fingerprint density at radius 1 is 1.24 bits per heavy atom. The van der Waals surface area contributed by atoms with Crippen molar-refractivity contribution in [3.63, 3.8) is 0 Å². The predicted octanol–water partition coefficient (Wildman–Crippen LogP) is 4.87. The van der Waals surface area contributed by atoms with Gasteiger partial charge in [0, 0.05) is 26.1 Å². The molecule has 0 saturated heterocycles. The summed E-state index contributed by atoms with van der Waals surface area (Å²) in [6, 6.07) is 14.2. The predicted molar refractivity (Wildman–Crippen MR) is 126 cm³/mol. The lowest BCUT2D eigenvalue weighted by atomic mass is 9.98. The van der Waals surface area contributed by atoms with Crippen LogP contribution in [0.1, 0.15) is 54.5 Å². The standard InChI is InChI=1S/C28H30F2N2O2/c1-3-27(11-12-27)26(33)31-19(2)21-6-4-20(5-7-21)16-32-13-10-22-14-25(9-8-23(22)17-32)34-18-24-15-28(24,29)30/h1,4-9,14,19,24H,10-13,15-18H2,2H3,(H,31,33)/t19-,24?/m0/s1. The highest BCUT2D eigenvalue weighted by Crippen LogP contribution is 2.48. The number of alkyl halides is 2. The van der Waals surface area contributed by atoms with E-state index in [0.717, 1.165) is 44.5 Å². The molecule has 34 heavy (non-hydrogen) atoms. The molecule has 2 aromatic rings. The van der Waals surface area contributed by atoms with Gasteiger partial charge in [-0.25, -0.2) is 8.78 Å². The molecule has 2 saturated carbocycles. The smallest absolute Gasteiger partial charge is 0.255 e. The molecule has 0 radical (unpaired) electrons. The molecule has 1 amide bonds. The maximum atomic E-state index is 13.1. The molecule has 1 heterocycles. The number of hydrogen-bond acceptors (Lipinski definition) is 3.